The molecule has 0 spiro atoms. The molecule has 2 aromatic carbocycles. The van der Waals surface area contributed by atoms with E-state index in [4.69, 9.17) is 16.3 Å². The minimum absolute atomic E-state index is 0.125. The van der Waals surface area contributed by atoms with Crippen molar-refractivity contribution in [3.8, 4) is 0 Å². The molecule has 12 nitrogen and oxygen atoms in total. The first-order valence-electron chi connectivity index (χ1n) is 12.9. The summed E-state index contributed by atoms with van der Waals surface area (Å²) in [6, 6.07) is 11.2. The van der Waals surface area contributed by atoms with E-state index in [1.165, 1.54) is 17.2 Å². The number of hydrogen-bond acceptors (Lipinski definition) is 8. The van der Waals surface area contributed by atoms with Gasteiger partial charge in [0.25, 0.3) is 17.6 Å². The number of amides is 2. The summed E-state index contributed by atoms with van der Waals surface area (Å²) >= 11 is 0. The van der Waals surface area contributed by atoms with E-state index in [0.29, 0.717) is 5.56 Å². The zero-order valence-electron chi connectivity index (χ0n) is 23.0. The minimum atomic E-state index is -0.903. The van der Waals surface area contributed by atoms with Gasteiger partial charge in [-0.15, -0.1) is 5.10 Å². The van der Waals surface area contributed by atoms with Crippen LogP contribution in [0, 0.1) is 11.2 Å². The molecule has 4 rings (SSSR count). The first-order valence-corrected chi connectivity index (χ1v) is 12.9. The number of H-pyrrole nitrogens is 1. The molecule has 5 N–H and O–H groups in total. The van der Waals surface area contributed by atoms with Crippen LogP contribution >= 0.6 is 0 Å². The van der Waals surface area contributed by atoms with Crippen molar-refractivity contribution in [3.63, 3.8) is 0 Å². The molecule has 0 saturated carbocycles. The summed E-state index contributed by atoms with van der Waals surface area (Å²) in [7, 11) is 0. The maximum atomic E-state index is 15.0. The topological polar surface area (TPSA) is 167 Å². The number of ether oxygens (including phenoxy) is 1. The van der Waals surface area contributed by atoms with Crippen LogP contribution < -0.4 is 11.6 Å². The molecule has 2 heterocycles. The lowest BCUT2D eigenvalue weighted by Crippen LogP contribution is -2.52. The van der Waals surface area contributed by atoms with Crippen LogP contribution in [-0.2, 0) is 14.3 Å². The van der Waals surface area contributed by atoms with Crippen LogP contribution in [0.5, 0.6) is 0 Å². The number of carbonyl (C=O) groups excluding carboxylic acids is 4. The molecule has 1 aliphatic heterocycles. The molecule has 41 heavy (non-hydrogen) atoms. The molecule has 3 aromatic rings. The fourth-order valence-corrected chi connectivity index (χ4v) is 4.30. The van der Waals surface area contributed by atoms with Gasteiger partial charge in [-0.1, -0.05) is 18.2 Å². The lowest BCUT2D eigenvalue weighted by molar-refractivity contribution is -0.158. The number of piperazine rings is 1. The molecule has 13 heteroatoms. The van der Waals surface area contributed by atoms with E-state index in [1.54, 1.807) is 49.9 Å². The molecule has 1 aromatic heterocycles. The maximum Gasteiger partial charge on any atom is 0.313 e. The van der Waals surface area contributed by atoms with Gasteiger partial charge in [0.2, 0.25) is 0 Å². The van der Waals surface area contributed by atoms with Crippen molar-refractivity contribution in [2.45, 2.75) is 20.8 Å². The Labute approximate surface area is 235 Å². The second-order valence-electron chi connectivity index (χ2n) is 10.6. The molecule has 0 unspecified atom stereocenters. The highest BCUT2D eigenvalue weighted by Gasteiger charge is 2.31. The van der Waals surface area contributed by atoms with E-state index < -0.39 is 28.9 Å². The monoisotopic (exact) mass is 565 g/mol. The average molecular weight is 566 g/mol. The quantitative estimate of drug-likeness (QED) is 0.0570. The lowest BCUT2D eigenvalue weighted by atomic mass is 9.98. The minimum Gasteiger partial charge on any atom is -0.441 e. The van der Waals surface area contributed by atoms with Crippen molar-refractivity contribution >= 4 is 40.3 Å². The number of amidine groups is 1. The van der Waals surface area contributed by atoms with Crippen molar-refractivity contribution in [2.24, 2.45) is 22.1 Å². The molecule has 1 fully saturated rings. The Morgan fingerprint density at radius 2 is 1.63 bits per heavy atom. The number of hydrazone groups is 1. The molecule has 0 atom stereocenters. The zero-order chi connectivity index (χ0) is 29.9. The van der Waals surface area contributed by atoms with Crippen molar-refractivity contribution in [1.82, 2.24) is 19.9 Å². The Kier molecular flexibility index (Phi) is 8.38. The molecular formula is C28H32FN7O5. The fourth-order valence-electron chi connectivity index (χ4n) is 4.30. The number of aromatic amines is 1. The van der Waals surface area contributed by atoms with Crippen LogP contribution in [0.25, 0.3) is 10.9 Å². The number of Topliss-reactive ketones (excluding diaryl/α,β-unsaturated/α-hetero) is 1. The second-order valence-corrected chi connectivity index (χ2v) is 10.6. The van der Waals surface area contributed by atoms with Crippen LogP contribution in [0.2, 0.25) is 0 Å². The van der Waals surface area contributed by atoms with E-state index in [2.05, 4.69) is 10.1 Å². The second kappa shape index (κ2) is 11.8. The number of ketones is 1. The number of fused-ring (bicyclic) bond motifs is 1. The normalized spacial score (nSPS) is 14.2. The molecule has 1 aliphatic rings. The summed E-state index contributed by atoms with van der Waals surface area (Å²) in [6.45, 7) is 5.50. The summed E-state index contributed by atoms with van der Waals surface area (Å²) in [5, 5.41) is 4.67. The van der Waals surface area contributed by atoms with Crippen LogP contribution in [0.15, 0.2) is 53.8 Å². The van der Waals surface area contributed by atoms with Crippen LogP contribution in [0.3, 0.4) is 0 Å². The van der Waals surface area contributed by atoms with E-state index in [9.17, 15) is 23.6 Å². The highest BCUT2D eigenvalue weighted by molar-refractivity contribution is 6.45. The van der Waals surface area contributed by atoms with Crippen LogP contribution in [0.4, 0.5) is 4.39 Å². The van der Waals surface area contributed by atoms with Crippen molar-refractivity contribution < 1.29 is 28.3 Å². The van der Waals surface area contributed by atoms with Gasteiger partial charge in [0.1, 0.15) is 5.82 Å². The van der Waals surface area contributed by atoms with Gasteiger partial charge in [0.05, 0.1) is 16.5 Å². The van der Waals surface area contributed by atoms with Crippen molar-refractivity contribution in [3.05, 3.63) is 71.2 Å². The van der Waals surface area contributed by atoms with E-state index in [0.717, 1.165) is 11.2 Å². The Morgan fingerprint density at radius 1 is 1.00 bits per heavy atom. The number of rotatable bonds is 7. The summed E-state index contributed by atoms with van der Waals surface area (Å²) in [5.74, 6) is 2.55. The zero-order valence-corrected chi connectivity index (χ0v) is 23.0. The molecule has 1 saturated heterocycles. The smallest absolute Gasteiger partial charge is 0.313 e. The van der Waals surface area contributed by atoms with Crippen LogP contribution in [-0.4, -0.2) is 82.2 Å². The van der Waals surface area contributed by atoms with Gasteiger partial charge in [0.15, 0.2) is 12.6 Å². The number of halogens is 1. The highest BCUT2D eigenvalue weighted by atomic mass is 19.1. The van der Waals surface area contributed by atoms with E-state index in [1.807, 2.05) is 6.07 Å². The number of aromatic nitrogens is 1. The molecular weight excluding hydrogens is 533 g/mol. The summed E-state index contributed by atoms with van der Waals surface area (Å²) in [5.41, 5.74) is 6.10. The number of hydrogen-bond donors (Lipinski definition) is 3. The van der Waals surface area contributed by atoms with E-state index in [-0.39, 0.29) is 66.7 Å². The number of nitrogens with one attached hydrogen (secondary N) is 1. The molecule has 2 amide bonds. The molecule has 0 bridgehead atoms. The van der Waals surface area contributed by atoms with Gasteiger partial charge in [-0.3, -0.25) is 19.2 Å². The SMILES string of the molecule is CC(C)(C)C(=O)OCN(N)/N=C(\N)c1ccc(F)c2c(C(=O)C(=O)N3CCN(C(=O)c4ccccc4)CC3)c[nH]c12. The Balaban J connectivity index is 1.47. The maximum absolute atomic E-state index is 15.0. The van der Waals surface area contributed by atoms with Crippen molar-refractivity contribution in [2.75, 3.05) is 32.9 Å². The number of nitrogens with zero attached hydrogens (tertiary/aromatic N) is 4. The highest BCUT2D eigenvalue weighted by Crippen LogP contribution is 2.26. The van der Waals surface area contributed by atoms with E-state index >= 15 is 0 Å². The third kappa shape index (κ3) is 6.35. The van der Waals surface area contributed by atoms with Gasteiger partial charge < -0.3 is 25.3 Å². The van der Waals surface area contributed by atoms with Gasteiger partial charge >= 0.3 is 5.97 Å². The number of nitrogens with two attached hydrogens (primary N) is 2. The average Bonchev–Trinajstić information content (AvgIpc) is 3.41. The number of hydrazine groups is 1. The standard InChI is InChI=1S/C28H32FN7O5/c1-28(2,3)27(40)41-16-36(31)33-24(30)18-9-10-20(29)21-19(15-32-22(18)21)23(37)26(39)35-13-11-34(12-14-35)25(38)17-7-5-4-6-8-17/h4-10,15,32H,11-14,16,31H2,1-3H3,(H2,30,33). The number of benzene rings is 2. The summed E-state index contributed by atoms with van der Waals surface area (Å²) in [4.78, 5) is 56.7. The Bertz CT molecular complexity index is 1510. The lowest BCUT2D eigenvalue weighted by Gasteiger charge is -2.34. The fraction of sp³-hybridized carbons (Fsp3) is 0.321. The summed E-state index contributed by atoms with van der Waals surface area (Å²) in [6.07, 6.45) is 1.24. The first-order chi connectivity index (χ1) is 19.4. The predicted molar refractivity (Wildman–Crippen MR) is 149 cm³/mol. The predicted octanol–water partition coefficient (Wildman–Crippen LogP) is 1.82. The summed E-state index contributed by atoms with van der Waals surface area (Å²) < 4.78 is 20.1. The Morgan fingerprint density at radius 3 is 2.27 bits per heavy atom. The van der Waals surface area contributed by atoms with Gasteiger partial charge in [-0.05, 0) is 45.0 Å². The third-order valence-corrected chi connectivity index (χ3v) is 6.55. The van der Waals surface area contributed by atoms with Crippen molar-refractivity contribution in [1.29, 1.82) is 0 Å². The molecule has 0 radical (unpaired) electrons. The third-order valence-electron chi connectivity index (χ3n) is 6.55. The van der Waals surface area contributed by atoms with Gasteiger partial charge in [-0.2, -0.15) is 5.12 Å². The number of esters is 1. The molecule has 216 valence electrons. The molecule has 0 aliphatic carbocycles. The largest absolute Gasteiger partial charge is 0.441 e. The first kappa shape index (κ1) is 29.2. The Hall–Kier alpha value is -4.78. The van der Waals surface area contributed by atoms with Gasteiger partial charge in [-0.25, -0.2) is 10.2 Å². The van der Waals surface area contributed by atoms with Crippen LogP contribution in [0.1, 0.15) is 47.1 Å². The van der Waals surface area contributed by atoms with Gasteiger partial charge in [0, 0.05) is 48.9 Å². The number of carbonyl (C=O) groups is 4.